The summed E-state index contributed by atoms with van der Waals surface area (Å²) in [5.74, 6) is -0.496. The van der Waals surface area contributed by atoms with Crippen LogP contribution in [0.4, 0.5) is 18.9 Å². The Morgan fingerprint density at radius 3 is 2.73 bits per heavy atom. The number of hydrogen-bond donors (Lipinski definition) is 1. The van der Waals surface area contributed by atoms with Gasteiger partial charge in [-0.3, -0.25) is 14.7 Å². The Morgan fingerprint density at radius 2 is 2.00 bits per heavy atom. The molecule has 0 aliphatic carbocycles. The van der Waals surface area contributed by atoms with Crippen molar-refractivity contribution >= 4 is 34.1 Å². The van der Waals surface area contributed by atoms with Crippen LogP contribution in [0.5, 0.6) is 0 Å². The van der Waals surface area contributed by atoms with Crippen molar-refractivity contribution in [2.45, 2.75) is 26.1 Å². The molecule has 0 fully saturated rings. The van der Waals surface area contributed by atoms with Crippen molar-refractivity contribution in [1.82, 2.24) is 9.88 Å². The molecule has 1 aliphatic heterocycles. The van der Waals surface area contributed by atoms with Crippen molar-refractivity contribution in [3.8, 4) is 0 Å². The molecule has 1 aromatic heterocycles. The summed E-state index contributed by atoms with van der Waals surface area (Å²) in [5.41, 5.74) is 1.82. The van der Waals surface area contributed by atoms with Crippen LogP contribution >= 0.6 is 11.6 Å². The third-order valence-corrected chi connectivity index (χ3v) is 5.67. The normalized spacial score (nSPS) is 14.6. The van der Waals surface area contributed by atoms with Crippen LogP contribution in [-0.4, -0.2) is 28.9 Å². The number of halogens is 4. The van der Waals surface area contributed by atoms with E-state index in [1.807, 2.05) is 25.1 Å². The van der Waals surface area contributed by atoms with E-state index in [2.05, 4.69) is 10.2 Å². The van der Waals surface area contributed by atoms with Crippen LogP contribution < -0.4 is 5.32 Å². The number of rotatable bonds is 3. The number of amides is 1. The quantitative estimate of drug-likeness (QED) is 0.590. The van der Waals surface area contributed by atoms with Gasteiger partial charge in [0.05, 0.1) is 27.4 Å². The predicted octanol–water partition coefficient (Wildman–Crippen LogP) is 5.54. The minimum Gasteiger partial charge on any atom is -0.321 e. The van der Waals surface area contributed by atoms with Gasteiger partial charge in [0.1, 0.15) is 0 Å². The molecule has 2 aromatic carbocycles. The highest BCUT2D eigenvalue weighted by Crippen LogP contribution is 2.35. The number of carbonyl (C=O) groups excluding carboxylic acids is 1. The average Bonchev–Trinajstić information content (AvgIpc) is 2.72. The number of carbonyl (C=O) groups is 1. The van der Waals surface area contributed by atoms with Crippen LogP contribution in [0, 0.1) is 0 Å². The maximum Gasteiger partial charge on any atom is 0.416 e. The van der Waals surface area contributed by atoms with Gasteiger partial charge in [-0.2, -0.15) is 13.2 Å². The molecule has 8 heteroatoms. The standard InChI is InChI=1S/C22H19ClF3N3O/c1-2-29-10-9-18-15(12-29)20(14-5-3-4-6-17(14)27-18)21(30)28-19-11-13(22(24,25)26)7-8-16(19)23/h3-8,11H,2,9-10,12H2,1H3,(H,28,30). The zero-order valence-electron chi connectivity index (χ0n) is 16.2. The number of likely N-dealkylation sites (N-methyl/N-ethyl adjacent to an activating group) is 1. The molecule has 2 heterocycles. The number of benzene rings is 2. The Balaban J connectivity index is 1.81. The molecule has 1 N–H and O–H groups in total. The molecule has 0 radical (unpaired) electrons. The Kier molecular flexibility index (Phi) is 5.42. The number of hydrogen-bond acceptors (Lipinski definition) is 3. The maximum atomic E-state index is 13.3. The van der Waals surface area contributed by atoms with Gasteiger partial charge in [0.15, 0.2) is 0 Å². The first-order chi connectivity index (χ1) is 14.3. The van der Waals surface area contributed by atoms with Gasteiger partial charge in [0.25, 0.3) is 5.91 Å². The topological polar surface area (TPSA) is 45.2 Å². The first-order valence-electron chi connectivity index (χ1n) is 9.59. The van der Waals surface area contributed by atoms with Crippen molar-refractivity contribution in [2.24, 2.45) is 0 Å². The number of pyridine rings is 1. The van der Waals surface area contributed by atoms with E-state index in [4.69, 9.17) is 16.6 Å². The fraction of sp³-hybridized carbons (Fsp3) is 0.273. The summed E-state index contributed by atoms with van der Waals surface area (Å²) in [6.45, 7) is 4.27. The Bertz CT molecular complexity index is 1130. The Labute approximate surface area is 176 Å². The number of alkyl halides is 3. The summed E-state index contributed by atoms with van der Waals surface area (Å²) in [7, 11) is 0. The van der Waals surface area contributed by atoms with Crippen molar-refractivity contribution in [3.63, 3.8) is 0 Å². The van der Waals surface area contributed by atoms with Gasteiger partial charge in [-0.05, 0) is 30.8 Å². The summed E-state index contributed by atoms with van der Waals surface area (Å²) in [5, 5.41) is 3.30. The average molecular weight is 434 g/mol. The van der Waals surface area contributed by atoms with E-state index in [1.54, 1.807) is 6.07 Å². The fourth-order valence-electron chi connectivity index (χ4n) is 3.76. The van der Waals surface area contributed by atoms with Crippen LogP contribution in [0.15, 0.2) is 42.5 Å². The minimum atomic E-state index is -4.53. The van der Waals surface area contributed by atoms with Crippen molar-refractivity contribution in [2.75, 3.05) is 18.4 Å². The van der Waals surface area contributed by atoms with Gasteiger partial charge in [-0.25, -0.2) is 0 Å². The van der Waals surface area contributed by atoms with Gasteiger partial charge in [-0.1, -0.05) is 36.7 Å². The van der Waals surface area contributed by atoms with Gasteiger partial charge >= 0.3 is 6.18 Å². The molecule has 1 aliphatic rings. The lowest BCUT2D eigenvalue weighted by molar-refractivity contribution is -0.137. The second kappa shape index (κ2) is 7.89. The van der Waals surface area contributed by atoms with E-state index in [0.717, 1.165) is 42.5 Å². The van der Waals surface area contributed by atoms with Gasteiger partial charge in [0.2, 0.25) is 0 Å². The number of nitrogens with zero attached hydrogens (tertiary/aromatic N) is 2. The molecule has 156 valence electrons. The minimum absolute atomic E-state index is 0.0405. The molecule has 4 nitrogen and oxygen atoms in total. The molecule has 0 unspecified atom stereocenters. The molecule has 4 rings (SSSR count). The van der Waals surface area contributed by atoms with Crippen molar-refractivity contribution in [1.29, 1.82) is 0 Å². The third kappa shape index (κ3) is 3.87. The highest BCUT2D eigenvalue weighted by Gasteiger charge is 2.31. The molecule has 0 saturated heterocycles. The van der Waals surface area contributed by atoms with E-state index in [0.29, 0.717) is 29.4 Å². The Hall–Kier alpha value is -2.64. The molecule has 1 amide bonds. The molecular formula is C22H19ClF3N3O. The zero-order chi connectivity index (χ0) is 21.5. The molecule has 0 saturated carbocycles. The maximum absolute atomic E-state index is 13.3. The fourth-order valence-corrected chi connectivity index (χ4v) is 3.92. The molecule has 0 bridgehead atoms. The first kappa shape index (κ1) is 20.6. The smallest absolute Gasteiger partial charge is 0.321 e. The monoisotopic (exact) mass is 433 g/mol. The lowest BCUT2D eigenvalue weighted by atomic mass is 9.95. The van der Waals surface area contributed by atoms with E-state index in [9.17, 15) is 18.0 Å². The molecule has 0 spiro atoms. The third-order valence-electron chi connectivity index (χ3n) is 5.34. The first-order valence-corrected chi connectivity index (χ1v) is 9.96. The zero-order valence-corrected chi connectivity index (χ0v) is 16.9. The largest absolute Gasteiger partial charge is 0.416 e. The van der Waals surface area contributed by atoms with E-state index >= 15 is 0 Å². The lowest BCUT2D eigenvalue weighted by Gasteiger charge is -2.29. The van der Waals surface area contributed by atoms with Gasteiger partial charge in [-0.15, -0.1) is 0 Å². The van der Waals surface area contributed by atoms with Gasteiger partial charge < -0.3 is 5.32 Å². The van der Waals surface area contributed by atoms with Crippen LogP contribution in [0.2, 0.25) is 5.02 Å². The second-order valence-electron chi connectivity index (χ2n) is 7.19. The van der Waals surface area contributed by atoms with Crippen molar-refractivity contribution < 1.29 is 18.0 Å². The number of fused-ring (bicyclic) bond motifs is 2. The van der Waals surface area contributed by atoms with Crippen LogP contribution in [0.3, 0.4) is 0 Å². The highest BCUT2D eigenvalue weighted by molar-refractivity contribution is 6.34. The number of nitrogens with one attached hydrogen (secondary N) is 1. The SMILES string of the molecule is CCN1CCc2nc3ccccc3c(C(=O)Nc3cc(C(F)(F)F)ccc3Cl)c2C1. The highest BCUT2D eigenvalue weighted by atomic mass is 35.5. The number of aromatic nitrogens is 1. The predicted molar refractivity (Wildman–Crippen MR) is 111 cm³/mol. The van der Waals surface area contributed by atoms with E-state index in [1.165, 1.54) is 0 Å². The summed E-state index contributed by atoms with van der Waals surface area (Å²) < 4.78 is 39.3. The number of para-hydroxylation sites is 1. The van der Waals surface area contributed by atoms with Crippen LogP contribution in [0.25, 0.3) is 10.9 Å². The van der Waals surface area contributed by atoms with E-state index in [-0.39, 0.29) is 10.7 Å². The summed E-state index contributed by atoms with van der Waals surface area (Å²) in [6.07, 6.45) is -3.83. The number of anilines is 1. The summed E-state index contributed by atoms with van der Waals surface area (Å²) >= 11 is 6.08. The molecular weight excluding hydrogens is 415 g/mol. The second-order valence-corrected chi connectivity index (χ2v) is 7.60. The van der Waals surface area contributed by atoms with Crippen LogP contribution in [-0.2, 0) is 19.1 Å². The van der Waals surface area contributed by atoms with Gasteiger partial charge in [0, 0.05) is 36.2 Å². The Morgan fingerprint density at radius 1 is 1.23 bits per heavy atom. The summed E-state index contributed by atoms with van der Waals surface area (Å²) in [6, 6.07) is 10.2. The lowest BCUT2D eigenvalue weighted by Crippen LogP contribution is -2.33. The molecule has 30 heavy (non-hydrogen) atoms. The molecule has 0 atom stereocenters. The van der Waals surface area contributed by atoms with Crippen molar-refractivity contribution in [3.05, 3.63) is 69.9 Å². The molecule has 3 aromatic rings. The van der Waals surface area contributed by atoms with Crippen LogP contribution in [0.1, 0.15) is 34.1 Å². The van der Waals surface area contributed by atoms with E-state index < -0.39 is 17.6 Å². The summed E-state index contributed by atoms with van der Waals surface area (Å²) in [4.78, 5) is 20.2.